The van der Waals surface area contributed by atoms with Crippen LogP contribution in [0.15, 0.2) is 23.1 Å². The summed E-state index contributed by atoms with van der Waals surface area (Å²) in [6, 6.07) is 5.20. The Morgan fingerprint density at radius 3 is 2.42 bits per heavy atom. The van der Waals surface area contributed by atoms with Crippen molar-refractivity contribution in [2.45, 2.75) is 38.5 Å². The molecule has 26 heavy (non-hydrogen) atoms. The van der Waals surface area contributed by atoms with Crippen LogP contribution in [-0.2, 0) is 21.2 Å². The van der Waals surface area contributed by atoms with Crippen molar-refractivity contribution < 1.29 is 13.2 Å². The van der Waals surface area contributed by atoms with Gasteiger partial charge in [0.1, 0.15) is 0 Å². The van der Waals surface area contributed by atoms with Gasteiger partial charge in [-0.25, -0.2) is 8.42 Å². The van der Waals surface area contributed by atoms with E-state index >= 15 is 0 Å². The first kappa shape index (κ1) is 19.3. The van der Waals surface area contributed by atoms with E-state index in [1.165, 1.54) is 0 Å². The number of rotatable bonds is 4. The molecule has 1 aromatic rings. The van der Waals surface area contributed by atoms with Crippen LogP contribution in [0.2, 0.25) is 0 Å². The average molecular weight is 380 g/mol. The van der Waals surface area contributed by atoms with Gasteiger partial charge in [0.25, 0.3) is 0 Å². The van der Waals surface area contributed by atoms with E-state index in [1.807, 2.05) is 0 Å². The number of fused-ring (bicyclic) bond motifs is 1. The normalized spacial score (nSPS) is 19.6. The summed E-state index contributed by atoms with van der Waals surface area (Å²) in [4.78, 5) is 16.2. The lowest BCUT2D eigenvalue weighted by Crippen LogP contribution is -2.49. The highest BCUT2D eigenvalue weighted by Crippen LogP contribution is 2.30. The molecule has 2 aliphatic rings. The molecule has 3 rings (SSSR count). The van der Waals surface area contributed by atoms with Gasteiger partial charge in [-0.05, 0) is 42.5 Å². The van der Waals surface area contributed by atoms with E-state index in [-0.39, 0.29) is 5.91 Å². The number of nitrogens with zero attached hydrogens (tertiary/aromatic N) is 3. The number of sulfonamides is 1. The van der Waals surface area contributed by atoms with Crippen LogP contribution in [0.3, 0.4) is 0 Å². The van der Waals surface area contributed by atoms with Crippen LogP contribution in [0.5, 0.6) is 0 Å². The zero-order valence-electron chi connectivity index (χ0n) is 15.9. The van der Waals surface area contributed by atoms with Gasteiger partial charge >= 0.3 is 0 Å². The molecule has 0 aromatic heterocycles. The molecule has 0 atom stereocenters. The maximum atomic E-state index is 13.0. The summed E-state index contributed by atoms with van der Waals surface area (Å²) in [5, 5.41) is 0. The fourth-order valence-corrected chi connectivity index (χ4v) is 5.35. The van der Waals surface area contributed by atoms with Crippen LogP contribution in [0.1, 0.15) is 32.8 Å². The number of aryl methyl sites for hydroxylation is 1. The quantitative estimate of drug-likeness (QED) is 0.802. The number of hydrogen-bond acceptors (Lipinski definition) is 4. The van der Waals surface area contributed by atoms with E-state index in [9.17, 15) is 13.2 Å². The third kappa shape index (κ3) is 3.94. The molecule has 0 spiro atoms. The number of carbonyl (C=O) groups excluding carboxylic acids is 1. The monoisotopic (exact) mass is 379 g/mol. The first-order chi connectivity index (χ1) is 12.3. The molecule has 1 saturated heterocycles. The van der Waals surface area contributed by atoms with Gasteiger partial charge in [0.15, 0.2) is 0 Å². The third-order valence-corrected chi connectivity index (χ3v) is 7.04. The van der Waals surface area contributed by atoms with Crippen molar-refractivity contribution in [3.63, 3.8) is 0 Å². The maximum Gasteiger partial charge on any atom is 0.243 e. The van der Waals surface area contributed by atoms with E-state index in [2.05, 4.69) is 18.7 Å². The van der Waals surface area contributed by atoms with Crippen molar-refractivity contribution in [2.24, 2.45) is 5.92 Å². The van der Waals surface area contributed by atoms with E-state index in [0.717, 1.165) is 43.7 Å². The van der Waals surface area contributed by atoms with E-state index in [0.29, 0.717) is 30.4 Å². The predicted octanol–water partition coefficient (Wildman–Crippen LogP) is 1.95. The van der Waals surface area contributed by atoms with Crippen molar-refractivity contribution in [3.05, 3.63) is 23.8 Å². The molecule has 0 saturated carbocycles. The Labute approximate surface area is 156 Å². The summed E-state index contributed by atoms with van der Waals surface area (Å²) >= 11 is 0. The first-order valence-corrected chi connectivity index (χ1v) is 10.9. The molecule has 0 N–H and O–H groups in total. The molecule has 0 unspecified atom stereocenters. The Kier molecular flexibility index (Phi) is 5.69. The largest absolute Gasteiger partial charge is 0.312 e. The Morgan fingerprint density at radius 1 is 1.12 bits per heavy atom. The summed E-state index contributed by atoms with van der Waals surface area (Å²) in [7, 11) is -3.48. The van der Waals surface area contributed by atoms with Gasteiger partial charge in [0.2, 0.25) is 15.9 Å². The highest BCUT2D eigenvalue weighted by molar-refractivity contribution is 7.89. The molecule has 1 aromatic carbocycles. The van der Waals surface area contributed by atoms with E-state index < -0.39 is 10.0 Å². The number of piperazine rings is 1. The first-order valence-electron chi connectivity index (χ1n) is 9.42. The van der Waals surface area contributed by atoms with Crippen molar-refractivity contribution in [3.8, 4) is 0 Å². The lowest BCUT2D eigenvalue weighted by atomic mass is 10.0. The standard InChI is InChI=1S/C19H29N3O3S/c1-15(2)14-20-9-11-21(12-10-20)26(24,25)18-6-7-19-17(13-18)5-4-8-22(19)16(3)23/h6-7,13,15H,4-5,8-12,14H2,1-3H3. The molecular formula is C19H29N3O3S. The summed E-state index contributed by atoms with van der Waals surface area (Å²) < 4.78 is 27.7. The Bertz CT molecular complexity index is 768. The number of amides is 1. The lowest BCUT2D eigenvalue weighted by Gasteiger charge is -2.35. The predicted molar refractivity (Wildman–Crippen MR) is 103 cm³/mol. The average Bonchev–Trinajstić information content (AvgIpc) is 2.60. The van der Waals surface area contributed by atoms with Crippen LogP contribution in [0.4, 0.5) is 5.69 Å². The molecule has 7 heteroatoms. The zero-order chi connectivity index (χ0) is 18.9. The zero-order valence-corrected chi connectivity index (χ0v) is 16.8. The molecule has 0 bridgehead atoms. The van der Waals surface area contributed by atoms with Gasteiger partial charge in [-0.2, -0.15) is 4.31 Å². The molecule has 0 radical (unpaired) electrons. The number of hydrogen-bond donors (Lipinski definition) is 0. The summed E-state index contributed by atoms with van der Waals surface area (Å²) in [5.74, 6) is 0.589. The molecule has 1 amide bonds. The molecule has 1 fully saturated rings. The fourth-order valence-electron chi connectivity index (χ4n) is 3.88. The van der Waals surface area contributed by atoms with Crippen LogP contribution < -0.4 is 4.90 Å². The van der Waals surface area contributed by atoms with Gasteiger partial charge < -0.3 is 9.80 Å². The Hall–Kier alpha value is -1.44. The molecule has 6 nitrogen and oxygen atoms in total. The number of benzene rings is 1. The molecule has 0 aliphatic carbocycles. The second-order valence-electron chi connectivity index (χ2n) is 7.66. The van der Waals surface area contributed by atoms with Crippen LogP contribution in [0.25, 0.3) is 0 Å². The van der Waals surface area contributed by atoms with Gasteiger partial charge in [0, 0.05) is 51.9 Å². The molecule has 2 aliphatic heterocycles. The van der Waals surface area contributed by atoms with Gasteiger partial charge in [-0.3, -0.25) is 4.79 Å². The second-order valence-corrected chi connectivity index (χ2v) is 9.60. The fraction of sp³-hybridized carbons (Fsp3) is 0.632. The number of anilines is 1. The van der Waals surface area contributed by atoms with Gasteiger partial charge in [-0.15, -0.1) is 0 Å². The highest BCUT2D eigenvalue weighted by atomic mass is 32.2. The van der Waals surface area contributed by atoms with Crippen molar-refractivity contribution in [1.29, 1.82) is 0 Å². The summed E-state index contributed by atoms with van der Waals surface area (Å²) in [5.41, 5.74) is 1.80. The molecular weight excluding hydrogens is 350 g/mol. The van der Waals surface area contributed by atoms with Crippen LogP contribution >= 0.6 is 0 Å². The lowest BCUT2D eigenvalue weighted by molar-refractivity contribution is -0.116. The van der Waals surface area contributed by atoms with Crippen molar-refractivity contribution >= 4 is 21.6 Å². The third-order valence-electron chi connectivity index (χ3n) is 5.14. The topological polar surface area (TPSA) is 60.9 Å². The highest BCUT2D eigenvalue weighted by Gasteiger charge is 2.30. The minimum atomic E-state index is -3.48. The number of carbonyl (C=O) groups is 1. The van der Waals surface area contributed by atoms with Crippen LogP contribution in [0, 0.1) is 5.92 Å². The van der Waals surface area contributed by atoms with Gasteiger partial charge in [0.05, 0.1) is 4.90 Å². The molecule has 2 heterocycles. The minimum Gasteiger partial charge on any atom is -0.312 e. The Morgan fingerprint density at radius 2 is 1.81 bits per heavy atom. The minimum absolute atomic E-state index is 0.00262. The smallest absolute Gasteiger partial charge is 0.243 e. The van der Waals surface area contributed by atoms with Crippen molar-refractivity contribution in [2.75, 3.05) is 44.2 Å². The van der Waals surface area contributed by atoms with Crippen molar-refractivity contribution in [1.82, 2.24) is 9.21 Å². The molecule has 144 valence electrons. The van der Waals surface area contributed by atoms with E-state index in [1.54, 1.807) is 34.3 Å². The van der Waals surface area contributed by atoms with Crippen LogP contribution in [-0.4, -0.2) is 62.8 Å². The Balaban J connectivity index is 1.77. The summed E-state index contributed by atoms with van der Waals surface area (Å²) in [6.45, 7) is 10.2. The SMILES string of the molecule is CC(=O)N1CCCc2cc(S(=O)(=O)N3CCN(CC(C)C)CC3)ccc21. The maximum absolute atomic E-state index is 13.0. The second kappa shape index (κ2) is 7.66. The summed E-state index contributed by atoms with van der Waals surface area (Å²) in [6.07, 6.45) is 1.68. The van der Waals surface area contributed by atoms with Gasteiger partial charge in [-0.1, -0.05) is 13.8 Å². The van der Waals surface area contributed by atoms with E-state index in [4.69, 9.17) is 0 Å².